The first-order chi connectivity index (χ1) is 12.5. The highest BCUT2D eigenvalue weighted by atomic mass is 32.2. The van der Waals surface area contributed by atoms with Gasteiger partial charge < -0.3 is 10.6 Å². The van der Waals surface area contributed by atoms with E-state index < -0.39 is 11.1 Å². The Balaban J connectivity index is 1.58. The molecule has 0 spiro atoms. The summed E-state index contributed by atoms with van der Waals surface area (Å²) in [6.07, 6.45) is 0. The molecule has 0 saturated heterocycles. The summed E-state index contributed by atoms with van der Waals surface area (Å²) in [4.78, 5) is 12.2. The minimum Gasteiger partial charge on any atom is -0.330 e. The number of nitrogens with one attached hydrogen (secondary N) is 2. The SMILES string of the molecule is C[C@@H](Sc1nnc(Nc2cccc(F)c2)s1)C(=O)Nc1cccc(F)c1. The predicted molar refractivity (Wildman–Crippen MR) is 99.9 cm³/mol. The first kappa shape index (κ1) is 18.3. The lowest BCUT2D eigenvalue weighted by molar-refractivity contribution is -0.115. The predicted octanol–water partition coefficient (Wildman–Crippen LogP) is 4.68. The molecule has 134 valence electrons. The van der Waals surface area contributed by atoms with Gasteiger partial charge >= 0.3 is 0 Å². The molecule has 2 aromatic carbocycles. The van der Waals surface area contributed by atoms with Crippen LogP contribution in [0.5, 0.6) is 0 Å². The van der Waals surface area contributed by atoms with E-state index in [0.717, 1.165) is 0 Å². The molecule has 0 bridgehead atoms. The van der Waals surface area contributed by atoms with Gasteiger partial charge in [-0.25, -0.2) is 8.78 Å². The topological polar surface area (TPSA) is 66.9 Å². The zero-order chi connectivity index (χ0) is 18.5. The van der Waals surface area contributed by atoms with Crippen molar-refractivity contribution < 1.29 is 13.6 Å². The Morgan fingerprint density at radius 1 is 1.08 bits per heavy atom. The summed E-state index contributed by atoms with van der Waals surface area (Å²) in [5.74, 6) is -1.03. The zero-order valence-electron chi connectivity index (χ0n) is 13.6. The summed E-state index contributed by atoms with van der Waals surface area (Å²) in [5.41, 5.74) is 0.961. The fraction of sp³-hybridized carbons (Fsp3) is 0.118. The van der Waals surface area contributed by atoms with Gasteiger partial charge in [0.05, 0.1) is 5.25 Å². The number of thioether (sulfide) groups is 1. The van der Waals surface area contributed by atoms with Crippen LogP contribution in [0.25, 0.3) is 0 Å². The van der Waals surface area contributed by atoms with Gasteiger partial charge in [0, 0.05) is 11.4 Å². The van der Waals surface area contributed by atoms with E-state index in [2.05, 4.69) is 20.8 Å². The van der Waals surface area contributed by atoms with Crippen LogP contribution in [0, 0.1) is 11.6 Å². The van der Waals surface area contributed by atoms with Gasteiger partial charge in [-0.1, -0.05) is 35.2 Å². The Bertz CT molecular complexity index is 919. The Hall–Kier alpha value is -2.52. The second kappa shape index (κ2) is 8.24. The van der Waals surface area contributed by atoms with Crippen LogP contribution in [0.4, 0.5) is 25.3 Å². The lowest BCUT2D eigenvalue weighted by Crippen LogP contribution is -2.22. The van der Waals surface area contributed by atoms with Gasteiger partial charge in [-0.2, -0.15) is 0 Å². The molecule has 0 fully saturated rings. The molecule has 3 rings (SSSR count). The van der Waals surface area contributed by atoms with Crippen molar-refractivity contribution in [1.82, 2.24) is 10.2 Å². The summed E-state index contributed by atoms with van der Waals surface area (Å²) in [7, 11) is 0. The Morgan fingerprint density at radius 3 is 2.42 bits per heavy atom. The van der Waals surface area contributed by atoms with Crippen LogP contribution in [0.15, 0.2) is 52.9 Å². The fourth-order valence-corrected chi connectivity index (χ4v) is 3.93. The number of hydrogen-bond donors (Lipinski definition) is 2. The third-order valence-electron chi connectivity index (χ3n) is 3.22. The number of benzene rings is 2. The van der Waals surface area contributed by atoms with Gasteiger partial charge in [-0.05, 0) is 43.3 Å². The summed E-state index contributed by atoms with van der Waals surface area (Å²) in [6.45, 7) is 1.72. The summed E-state index contributed by atoms with van der Waals surface area (Å²) in [6, 6.07) is 11.7. The van der Waals surface area contributed by atoms with E-state index in [9.17, 15) is 13.6 Å². The summed E-state index contributed by atoms with van der Waals surface area (Å²) < 4.78 is 27.0. The minimum absolute atomic E-state index is 0.268. The number of halogens is 2. The molecule has 5 nitrogen and oxygen atoms in total. The molecule has 0 radical (unpaired) electrons. The molecule has 1 heterocycles. The average Bonchev–Trinajstić information content (AvgIpc) is 3.01. The molecule has 0 unspecified atom stereocenters. The first-order valence-corrected chi connectivity index (χ1v) is 9.28. The number of rotatable bonds is 6. The van der Waals surface area contributed by atoms with Gasteiger partial charge in [0.2, 0.25) is 11.0 Å². The molecule has 1 amide bonds. The molecular weight excluding hydrogens is 378 g/mol. The van der Waals surface area contributed by atoms with Crippen molar-refractivity contribution in [2.24, 2.45) is 0 Å². The van der Waals surface area contributed by atoms with Crippen molar-refractivity contribution in [3.63, 3.8) is 0 Å². The molecule has 0 aliphatic heterocycles. The van der Waals surface area contributed by atoms with E-state index >= 15 is 0 Å². The fourth-order valence-electron chi connectivity index (χ4n) is 2.01. The van der Waals surface area contributed by atoms with Crippen LogP contribution in [-0.2, 0) is 4.79 Å². The highest BCUT2D eigenvalue weighted by Crippen LogP contribution is 2.31. The van der Waals surface area contributed by atoms with Crippen LogP contribution in [0.3, 0.4) is 0 Å². The van der Waals surface area contributed by atoms with Crippen LogP contribution in [0.1, 0.15) is 6.92 Å². The highest BCUT2D eigenvalue weighted by Gasteiger charge is 2.17. The Labute approximate surface area is 156 Å². The molecule has 0 saturated carbocycles. The molecule has 2 N–H and O–H groups in total. The largest absolute Gasteiger partial charge is 0.330 e. The zero-order valence-corrected chi connectivity index (χ0v) is 15.2. The van der Waals surface area contributed by atoms with Gasteiger partial charge in [0.1, 0.15) is 11.6 Å². The Morgan fingerprint density at radius 2 is 1.73 bits per heavy atom. The van der Waals surface area contributed by atoms with E-state index in [1.54, 1.807) is 25.1 Å². The maximum Gasteiger partial charge on any atom is 0.237 e. The van der Waals surface area contributed by atoms with Crippen molar-refractivity contribution in [3.8, 4) is 0 Å². The van der Waals surface area contributed by atoms with Crippen molar-refractivity contribution >= 4 is 45.5 Å². The number of nitrogens with zero attached hydrogens (tertiary/aromatic N) is 2. The summed E-state index contributed by atoms with van der Waals surface area (Å²) in [5, 5.41) is 13.7. The number of hydrogen-bond acceptors (Lipinski definition) is 6. The highest BCUT2D eigenvalue weighted by molar-refractivity contribution is 8.02. The molecule has 9 heteroatoms. The van der Waals surface area contributed by atoms with Crippen LogP contribution < -0.4 is 10.6 Å². The van der Waals surface area contributed by atoms with E-state index in [-0.39, 0.29) is 11.7 Å². The number of carbonyl (C=O) groups is 1. The smallest absolute Gasteiger partial charge is 0.237 e. The lowest BCUT2D eigenvalue weighted by atomic mass is 10.3. The number of anilines is 3. The van der Waals surface area contributed by atoms with Crippen molar-refractivity contribution in [3.05, 3.63) is 60.2 Å². The van der Waals surface area contributed by atoms with E-state index in [1.807, 2.05) is 0 Å². The van der Waals surface area contributed by atoms with E-state index in [4.69, 9.17) is 0 Å². The average molecular weight is 392 g/mol. The molecule has 1 atom stereocenters. The normalized spacial score (nSPS) is 11.8. The molecule has 3 aromatic rings. The standard InChI is InChI=1S/C17H14F2N4OS2/c1-10(15(24)20-13-6-2-4-11(18)8-13)25-17-23-22-16(26-17)21-14-7-3-5-12(19)9-14/h2-10H,1H3,(H,20,24)(H,21,22)/t10-/m1/s1. The second-order valence-electron chi connectivity index (χ2n) is 5.27. The molecule has 26 heavy (non-hydrogen) atoms. The van der Waals surface area contributed by atoms with Gasteiger partial charge in [-0.15, -0.1) is 10.2 Å². The van der Waals surface area contributed by atoms with Crippen molar-refractivity contribution in [1.29, 1.82) is 0 Å². The third-order valence-corrected chi connectivity index (χ3v) is 5.24. The number of amides is 1. The first-order valence-electron chi connectivity index (χ1n) is 7.59. The van der Waals surface area contributed by atoms with E-state index in [1.165, 1.54) is 53.4 Å². The molecule has 1 aromatic heterocycles. The molecule has 0 aliphatic carbocycles. The summed E-state index contributed by atoms with van der Waals surface area (Å²) >= 11 is 2.49. The molecular formula is C17H14F2N4OS2. The third kappa shape index (κ3) is 4.99. The van der Waals surface area contributed by atoms with Crippen molar-refractivity contribution in [2.75, 3.05) is 10.6 Å². The minimum atomic E-state index is -0.451. The number of carbonyl (C=O) groups excluding carboxylic acids is 1. The monoisotopic (exact) mass is 392 g/mol. The van der Waals surface area contributed by atoms with Gasteiger partial charge in [-0.3, -0.25) is 4.79 Å². The van der Waals surface area contributed by atoms with Gasteiger partial charge in [0.15, 0.2) is 4.34 Å². The molecule has 0 aliphatic rings. The van der Waals surface area contributed by atoms with E-state index in [0.29, 0.717) is 20.8 Å². The second-order valence-corrected chi connectivity index (χ2v) is 7.83. The Kier molecular flexibility index (Phi) is 5.79. The van der Waals surface area contributed by atoms with Gasteiger partial charge in [0.25, 0.3) is 0 Å². The maximum atomic E-state index is 13.2. The van der Waals surface area contributed by atoms with Crippen LogP contribution in [0.2, 0.25) is 0 Å². The maximum absolute atomic E-state index is 13.2. The lowest BCUT2D eigenvalue weighted by Gasteiger charge is -2.10. The quantitative estimate of drug-likeness (QED) is 0.596. The number of aromatic nitrogens is 2. The van der Waals surface area contributed by atoms with Crippen molar-refractivity contribution in [2.45, 2.75) is 16.5 Å². The van der Waals surface area contributed by atoms with Crippen LogP contribution in [-0.4, -0.2) is 21.4 Å². The van der Waals surface area contributed by atoms with Crippen LogP contribution >= 0.6 is 23.1 Å².